The zero-order valence-corrected chi connectivity index (χ0v) is 9.13. The van der Waals surface area contributed by atoms with E-state index in [0.717, 1.165) is 12.8 Å². The van der Waals surface area contributed by atoms with Gasteiger partial charge in [-0.1, -0.05) is 44.9 Å². The summed E-state index contributed by atoms with van der Waals surface area (Å²) in [6.07, 6.45) is 11.1. The minimum atomic E-state index is -0.419. The van der Waals surface area contributed by atoms with E-state index in [1.165, 1.54) is 44.9 Å². The molecule has 0 aromatic carbocycles. The maximum atomic E-state index is 6.14. The number of rotatable bonds is 0. The summed E-state index contributed by atoms with van der Waals surface area (Å²) in [5, 5.41) is 0. The molecule has 0 radical (unpaired) electrons. The Morgan fingerprint density at radius 3 is 1.33 bits per heavy atom. The predicted octanol–water partition coefficient (Wildman–Crippen LogP) is 4.68. The Morgan fingerprint density at radius 2 is 0.917 bits per heavy atom. The Labute approximate surface area is 85.6 Å². The maximum Gasteiger partial charge on any atom is 0.118 e. The van der Waals surface area contributed by atoms with Crippen molar-refractivity contribution in [3.8, 4) is 0 Å². The molecule has 0 bridgehead atoms. The first kappa shape index (κ1) is 10.7. The molecule has 72 valence electrons. The molecule has 0 aromatic heterocycles. The highest BCUT2D eigenvalue weighted by atomic mass is 35.5. The average Bonchev–Trinajstić information content (AvgIpc) is 2.02. The van der Waals surface area contributed by atoms with E-state index in [1.54, 1.807) is 0 Å². The fraction of sp³-hybridized carbons (Fsp3) is 1.00. The Balaban J connectivity index is 2.27. The predicted molar refractivity (Wildman–Crippen MR) is 56.0 cm³/mol. The van der Waals surface area contributed by atoms with Crippen molar-refractivity contribution in [3.63, 3.8) is 0 Å². The third-order valence-corrected chi connectivity index (χ3v) is 3.34. The van der Waals surface area contributed by atoms with Crippen LogP contribution in [0.1, 0.15) is 57.8 Å². The Bertz CT molecular complexity index is 109. The van der Waals surface area contributed by atoms with E-state index in [9.17, 15) is 0 Å². The quantitative estimate of drug-likeness (QED) is 0.508. The molecule has 0 atom stereocenters. The Kier molecular flexibility index (Phi) is 4.74. The van der Waals surface area contributed by atoms with Crippen LogP contribution >= 0.6 is 23.2 Å². The van der Waals surface area contributed by atoms with Gasteiger partial charge in [-0.25, -0.2) is 0 Å². The molecule has 1 saturated carbocycles. The summed E-state index contributed by atoms with van der Waals surface area (Å²) in [5.74, 6) is 0. The maximum absolute atomic E-state index is 6.14. The normalized spacial score (nSPS) is 26.5. The molecular weight excluding hydrogens is 191 g/mol. The molecule has 0 saturated heterocycles. The molecular formula is C10H18Cl2. The zero-order chi connectivity index (χ0) is 8.86. The Morgan fingerprint density at radius 1 is 0.583 bits per heavy atom. The molecule has 0 spiro atoms. The van der Waals surface area contributed by atoms with Crippen LogP contribution in [0.4, 0.5) is 0 Å². The van der Waals surface area contributed by atoms with Gasteiger partial charge in [0.1, 0.15) is 4.33 Å². The lowest BCUT2D eigenvalue weighted by atomic mass is 10.0. The van der Waals surface area contributed by atoms with Crippen molar-refractivity contribution in [2.24, 2.45) is 0 Å². The number of hydrogen-bond acceptors (Lipinski definition) is 0. The van der Waals surface area contributed by atoms with E-state index >= 15 is 0 Å². The summed E-state index contributed by atoms with van der Waals surface area (Å²) in [6.45, 7) is 0. The fourth-order valence-corrected chi connectivity index (χ4v) is 2.31. The van der Waals surface area contributed by atoms with Crippen molar-refractivity contribution in [3.05, 3.63) is 0 Å². The van der Waals surface area contributed by atoms with Gasteiger partial charge in [0.25, 0.3) is 0 Å². The molecule has 0 aromatic rings. The lowest BCUT2D eigenvalue weighted by Gasteiger charge is -2.20. The Hall–Kier alpha value is 0.580. The SMILES string of the molecule is ClC1(Cl)CCCCCCCCC1. The van der Waals surface area contributed by atoms with E-state index in [2.05, 4.69) is 0 Å². The van der Waals surface area contributed by atoms with Crippen LogP contribution in [0, 0.1) is 0 Å². The minimum Gasteiger partial charge on any atom is -0.102 e. The lowest BCUT2D eigenvalue weighted by molar-refractivity contribution is 0.488. The molecule has 0 nitrogen and oxygen atoms in total. The standard InChI is InChI=1S/C10H18Cl2/c11-10(12)8-6-4-2-1-3-5-7-9-10/h1-9H2. The first-order valence-electron chi connectivity index (χ1n) is 5.09. The summed E-state index contributed by atoms with van der Waals surface area (Å²) >= 11 is 12.3. The van der Waals surface area contributed by atoms with Crippen molar-refractivity contribution < 1.29 is 0 Å². The van der Waals surface area contributed by atoms with E-state index in [4.69, 9.17) is 23.2 Å². The van der Waals surface area contributed by atoms with Crippen LogP contribution in [0.15, 0.2) is 0 Å². The van der Waals surface area contributed by atoms with Gasteiger partial charge in [-0.3, -0.25) is 0 Å². The number of halogens is 2. The van der Waals surface area contributed by atoms with Crippen LogP contribution in [0.25, 0.3) is 0 Å². The molecule has 12 heavy (non-hydrogen) atoms. The largest absolute Gasteiger partial charge is 0.118 e. The van der Waals surface area contributed by atoms with Crippen LogP contribution in [-0.4, -0.2) is 4.33 Å². The molecule has 2 heteroatoms. The molecule has 1 aliphatic carbocycles. The van der Waals surface area contributed by atoms with Crippen molar-refractivity contribution in [2.75, 3.05) is 0 Å². The first-order chi connectivity index (χ1) is 5.71. The number of alkyl halides is 2. The second-order valence-corrected chi connectivity index (χ2v) is 5.47. The fourth-order valence-electron chi connectivity index (χ4n) is 1.78. The van der Waals surface area contributed by atoms with Crippen LogP contribution in [0.5, 0.6) is 0 Å². The van der Waals surface area contributed by atoms with Crippen LogP contribution in [0.2, 0.25) is 0 Å². The first-order valence-corrected chi connectivity index (χ1v) is 5.84. The minimum absolute atomic E-state index is 0.419. The summed E-state index contributed by atoms with van der Waals surface area (Å²) in [4.78, 5) is 0. The highest BCUT2D eigenvalue weighted by Gasteiger charge is 2.22. The molecule has 0 heterocycles. The second kappa shape index (κ2) is 5.34. The van der Waals surface area contributed by atoms with Crippen LogP contribution in [-0.2, 0) is 0 Å². The molecule has 0 unspecified atom stereocenters. The summed E-state index contributed by atoms with van der Waals surface area (Å²) in [6, 6.07) is 0. The lowest BCUT2D eigenvalue weighted by Crippen LogP contribution is -2.12. The molecule has 1 aliphatic rings. The third kappa shape index (κ3) is 4.57. The zero-order valence-electron chi connectivity index (χ0n) is 7.62. The number of hydrogen-bond donors (Lipinski definition) is 0. The average molecular weight is 209 g/mol. The van der Waals surface area contributed by atoms with E-state index < -0.39 is 4.33 Å². The van der Waals surface area contributed by atoms with Crippen molar-refractivity contribution >= 4 is 23.2 Å². The van der Waals surface area contributed by atoms with Gasteiger partial charge in [0.2, 0.25) is 0 Å². The van der Waals surface area contributed by atoms with Crippen LogP contribution < -0.4 is 0 Å². The third-order valence-electron chi connectivity index (χ3n) is 2.59. The van der Waals surface area contributed by atoms with Gasteiger partial charge in [0, 0.05) is 0 Å². The van der Waals surface area contributed by atoms with Gasteiger partial charge in [0.05, 0.1) is 0 Å². The summed E-state index contributed by atoms with van der Waals surface area (Å²) in [7, 11) is 0. The smallest absolute Gasteiger partial charge is 0.102 e. The van der Waals surface area contributed by atoms with E-state index in [1.807, 2.05) is 0 Å². The second-order valence-electron chi connectivity index (χ2n) is 3.83. The van der Waals surface area contributed by atoms with Gasteiger partial charge < -0.3 is 0 Å². The molecule has 1 fully saturated rings. The summed E-state index contributed by atoms with van der Waals surface area (Å²) in [5.41, 5.74) is 0. The van der Waals surface area contributed by atoms with Crippen LogP contribution in [0.3, 0.4) is 0 Å². The monoisotopic (exact) mass is 208 g/mol. The van der Waals surface area contributed by atoms with E-state index in [-0.39, 0.29) is 0 Å². The van der Waals surface area contributed by atoms with Crippen molar-refractivity contribution in [2.45, 2.75) is 62.1 Å². The van der Waals surface area contributed by atoms with Crippen molar-refractivity contribution in [1.29, 1.82) is 0 Å². The van der Waals surface area contributed by atoms with Gasteiger partial charge in [-0.15, -0.1) is 23.2 Å². The molecule has 0 aliphatic heterocycles. The van der Waals surface area contributed by atoms with Gasteiger partial charge in [-0.05, 0) is 12.8 Å². The molecule has 0 N–H and O–H groups in total. The van der Waals surface area contributed by atoms with Gasteiger partial charge in [-0.2, -0.15) is 0 Å². The molecule has 0 amide bonds. The molecule has 1 rings (SSSR count). The highest BCUT2D eigenvalue weighted by molar-refractivity contribution is 6.48. The highest BCUT2D eigenvalue weighted by Crippen LogP contribution is 2.34. The van der Waals surface area contributed by atoms with Crippen molar-refractivity contribution in [1.82, 2.24) is 0 Å². The van der Waals surface area contributed by atoms with Gasteiger partial charge in [0.15, 0.2) is 0 Å². The van der Waals surface area contributed by atoms with Gasteiger partial charge >= 0.3 is 0 Å². The summed E-state index contributed by atoms with van der Waals surface area (Å²) < 4.78 is -0.419. The van der Waals surface area contributed by atoms with E-state index in [0.29, 0.717) is 0 Å². The topological polar surface area (TPSA) is 0 Å².